The number of anilines is 2. The molecule has 5 aliphatic rings. The number of carbonyl (C=O) groups excluding carboxylic acids is 6. The molecule has 0 aliphatic carbocycles. The number of amides is 5. The molecule has 0 bridgehead atoms. The second-order valence-electron chi connectivity index (χ2n) is 21.1. The van der Waals surface area contributed by atoms with Crippen LogP contribution in [0, 0.1) is 24.7 Å². The minimum Gasteiger partial charge on any atom is -0.493 e. The van der Waals surface area contributed by atoms with Crippen molar-refractivity contribution in [1.82, 2.24) is 14.7 Å². The van der Waals surface area contributed by atoms with Crippen molar-refractivity contribution < 1.29 is 52.8 Å². The zero-order valence-electron chi connectivity index (χ0n) is 46.4. The molecular formula is C59H82N6O11. The molecule has 8 rings (SSSR count). The lowest BCUT2D eigenvalue weighted by atomic mass is 10.0. The summed E-state index contributed by atoms with van der Waals surface area (Å²) in [6.07, 6.45) is 8.50. The first-order valence-corrected chi connectivity index (χ1v) is 27.6. The van der Waals surface area contributed by atoms with Gasteiger partial charge in [-0.3, -0.25) is 33.9 Å². The molecule has 3 aromatic rings. The topological polar surface area (TPSA) is 197 Å². The van der Waals surface area contributed by atoms with Gasteiger partial charge in [-0.15, -0.1) is 0 Å². The Hall–Kier alpha value is -6.49. The number of rotatable bonds is 20. The molecule has 3 unspecified atom stereocenters. The monoisotopic (exact) mass is 1050 g/mol. The van der Waals surface area contributed by atoms with Gasteiger partial charge in [0.05, 0.1) is 61.5 Å². The molecule has 5 amide bonds. The predicted molar refractivity (Wildman–Crippen MR) is 294 cm³/mol. The van der Waals surface area contributed by atoms with Gasteiger partial charge in [0, 0.05) is 62.4 Å². The van der Waals surface area contributed by atoms with Crippen molar-refractivity contribution in [2.45, 2.75) is 157 Å². The van der Waals surface area contributed by atoms with Crippen LogP contribution in [0.1, 0.15) is 157 Å². The number of imide groups is 1. The molecule has 0 aromatic heterocycles. The number of aliphatic hydroxyl groups is 1. The molecule has 6 atom stereocenters. The van der Waals surface area contributed by atoms with Gasteiger partial charge < -0.3 is 39.2 Å². The van der Waals surface area contributed by atoms with Gasteiger partial charge in [0.1, 0.15) is 12.4 Å². The van der Waals surface area contributed by atoms with Crippen LogP contribution in [-0.2, 0) is 25.7 Å². The molecular weight excluding hydrogens is 969 g/mol. The lowest BCUT2D eigenvalue weighted by Crippen LogP contribution is -2.50. The number of aliphatic hydroxyl groups excluding tert-OH is 1. The summed E-state index contributed by atoms with van der Waals surface area (Å²) in [6, 6.07) is 13.4. The first-order valence-electron chi connectivity index (χ1n) is 27.6. The molecule has 0 saturated carbocycles. The Morgan fingerprint density at radius 3 is 2.08 bits per heavy atom. The summed E-state index contributed by atoms with van der Waals surface area (Å²) < 4.78 is 23.8. The summed E-state index contributed by atoms with van der Waals surface area (Å²) in [6.45, 7) is 18.6. The third-order valence-corrected chi connectivity index (χ3v) is 14.0. The predicted octanol–water partition coefficient (Wildman–Crippen LogP) is 10.3. The highest BCUT2D eigenvalue weighted by atomic mass is 16.6. The number of methoxy groups -OCH3 is 1. The standard InChI is InChI=1S/C53H66N6O11.2C3H8/c1-32-20-38-27-55-42-25-47(46(67-5)24-40(42)50(63)57(38)29-32)69-19-11-7-10-18-68-45-26-43-41(22-34(45)3)51(64)58-30-33(2)21-44(58)52(65)59(43)53(66)70-31-36-13-15-37(16-14-36)54-28-39(60)12-8-6-9-17-56-48(61)23-35(4)49(56)62;2*1-3-2/h13-16,22,24-27,32-33,35,38,44,52,54,65H,6-12,17-21,23,28-31H2,1-5H3;2*3H2,1-2H3/t32?,33?,35?,38-,44-,52-;;/m0../s1. The zero-order valence-corrected chi connectivity index (χ0v) is 46.4. The van der Waals surface area contributed by atoms with Crippen molar-refractivity contribution >= 4 is 58.8 Å². The number of nitrogens with zero attached hydrogens (tertiary/aromatic N) is 5. The Labute approximate surface area is 449 Å². The van der Waals surface area contributed by atoms with Crippen molar-refractivity contribution in [2.75, 3.05) is 56.7 Å². The normalized spacial score (nSPS) is 21.3. The largest absolute Gasteiger partial charge is 0.493 e. The number of aryl methyl sites for hydroxylation is 1. The highest BCUT2D eigenvalue weighted by Gasteiger charge is 2.47. The van der Waals surface area contributed by atoms with E-state index in [9.17, 15) is 33.9 Å². The smallest absolute Gasteiger partial charge is 0.416 e. The SMILES string of the molecule is CCC.CCC.COc1cc2c(cc1OCCCCCOc1cc3c(cc1C)C(=O)N1CC(C)C[C@H]1[C@H](O)N3C(=O)OCc1ccc(NCC(=O)CCCCCN3C(=O)CC(C)C3=O)cc1)N=C[C@@H]1CC(C)CN1C2=O. The summed E-state index contributed by atoms with van der Waals surface area (Å²) in [5.41, 5.74) is 3.68. The number of ether oxygens (including phenoxy) is 4. The van der Waals surface area contributed by atoms with E-state index in [1.54, 1.807) is 67.5 Å². The van der Waals surface area contributed by atoms with Gasteiger partial charge in [0.25, 0.3) is 11.8 Å². The van der Waals surface area contributed by atoms with Crippen LogP contribution >= 0.6 is 0 Å². The lowest BCUT2D eigenvalue weighted by molar-refractivity contribution is -0.139. The van der Waals surface area contributed by atoms with E-state index in [0.717, 1.165) is 24.9 Å². The number of ketones is 1. The third kappa shape index (κ3) is 14.7. The van der Waals surface area contributed by atoms with E-state index in [2.05, 4.69) is 44.9 Å². The van der Waals surface area contributed by atoms with Crippen molar-refractivity contribution in [3.05, 3.63) is 70.8 Å². The van der Waals surface area contributed by atoms with Crippen LogP contribution in [0.2, 0.25) is 0 Å². The maximum atomic E-state index is 14.1. The number of likely N-dealkylation sites (tertiary alicyclic amines) is 1. The number of nitrogens with one attached hydrogen (secondary N) is 1. The van der Waals surface area contributed by atoms with Gasteiger partial charge in [-0.25, -0.2) is 9.69 Å². The number of hydrogen-bond donors (Lipinski definition) is 2. The highest BCUT2D eigenvalue weighted by Crippen LogP contribution is 2.41. The lowest BCUT2D eigenvalue weighted by Gasteiger charge is -2.31. The fraction of sp³-hybridized carbons (Fsp3) is 0.576. The quantitative estimate of drug-likeness (QED) is 0.0804. The summed E-state index contributed by atoms with van der Waals surface area (Å²) >= 11 is 0. The third-order valence-electron chi connectivity index (χ3n) is 14.0. The Morgan fingerprint density at radius 1 is 0.763 bits per heavy atom. The first-order chi connectivity index (χ1) is 36.5. The molecule has 0 radical (unpaired) electrons. The van der Waals surface area contributed by atoms with E-state index < -0.39 is 18.4 Å². The summed E-state index contributed by atoms with van der Waals surface area (Å²) in [7, 11) is 1.55. The molecule has 17 nitrogen and oxygen atoms in total. The fourth-order valence-corrected chi connectivity index (χ4v) is 10.2. The van der Waals surface area contributed by atoms with Crippen molar-refractivity contribution in [2.24, 2.45) is 22.7 Å². The van der Waals surface area contributed by atoms with Crippen LogP contribution < -0.4 is 24.4 Å². The first kappa shape index (κ1) is 58.8. The van der Waals surface area contributed by atoms with Crippen LogP contribution in [0.5, 0.6) is 17.2 Å². The number of fused-ring (bicyclic) bond motifs is 4. The number of benzene rings is 3. The average Bonchev–Trinajstić information content (AvgIpc) is 4.02. The Balaban J connectivity index is 0.00000149. The molecule has 2 N–H and O–H groups in total. The van der Waals surface area contributed by atoms with E-state index in [-0.39, 0.29) is 78.1 Å². The number of Topliss-reactive ketones (excluding diaryl/α,β-unsaturated/α-hetero) is 1. The van der Waals surface area contributed by atoms with Crippen LogP contribution in [-0.4, -0.2) is 126 Å². The van der Waals surface area contributed by atoms with Crippen molar-refractivity contribution in [3.8, 4) is 17.2 Å². The highest BCUT2D eigenvalue weighted by molar-refractivity contribution is 6.06. The summed E-state index contributed by atoms with van der Waals surface area (Å²) in [5, 5.41) is 15.0. The molecule has 414 valence electrons. The van der Waals surface area contributed by atoms with Crippen LogP contribution in [0.4, 0.5) is 21.9 Å². The molecule has 5 aliphatic heterocycles. The average molecular weight is 1050 g/mol. The van der Waals surface area contributed by atoms with Crippen molar-refractivity contribution in [3.63, 3.8) is 0 Å². The maximum absolute atomic E-state index is 14.1. The van der Waals surface area contributed by atoms with E-state index >= 15 is 0 Å². The second kappa shape index (κ2) is 28.0. The minimum atomic E-state index is -1.36. The van der Waals surface area contributed by atoms with E-state index in [4.69, 9.17) is 18.9 Å². The number of carbonyl (C=O) groups is 6. The summed E-state index contributed by atoms with van der Waals surface area (Å²) in [4.78, 5) is 88.9. The molecule has 3 fully saturated rings. The molecule has 5 heterocycles. The van der Waals surface area contributed by atoms with Crippen LogP contribution in [0.15, 0.2) is 53.5 Å². The van der Waals surface area contributed by atoms with E-state index in [1.165, 1.54) is 22.6 Å². The Morgan fingerprint density at radius 2 is 1.41 bits per heavy atom. The number of unbranched alkanes of at least 4 members (excludes halogenated alkanes) is 4. The van der Waals surface area contributed by atoms with E-state index in [1.807, 2.05) is 25.0 Å². The zero-order chi connectivity index (χ0) is 55.1. The van der Waals surface area contributed by atoms with Crippen molar-refractivity contribution in [1.29, 1.82) is 0 Å². The number of aliphatic imine (C=N–C) groups is 1. The van der Waals surface area contributed by atoms with Gasteiger partial charge in [-0.1, -0.05) is 79.9 Å². The molecule has 76 heavy (non-hydrogen) atoms. The number of hydrogen-bond acceptors (Lipinski definition) is 13. The maximum Gasteiger partial charge on any atom is 0.416 e. The molecule has 3 saturated heterocycles. The van der Waals surface area contributed by atoms with Gasteiger partial charge in [-0.05, 0) is 99.1 Å². The second-order valence-corrected chi connectivity index (χ2v) is 21.1. The van der Waals surface area contributed by atoms with Gasteiger partial charge in [0.2, 0.25) is 11.8 Å². The fourth-order valence-electron chi connectivity index (χ4n) is 10.2. The van der Waals surface area contributed by atoms with Gasteiger partial charge in [-0.2, -0.15) is 0 Å². The molecule has 0 spiro atoms. The van der Waals surface area contributed by atoms with Gasteiger partial charge in [0.15, 0.2) is 23.5 Å². The van der Waals surface area contributed by atoms with Gasteiger partial charge >= 0.3 is 6.09 Å². The Bertz CT molecular complexity index is 2530. The van der Waals surface area contributed by atoms with Crippen LogP contribution in [0.3, 0.4) is 0 Å². The Kier molecular flexibility index (Phi) is 21.7. The summed E-state index contributed by atoms with van der Waals surface area (Å²) in [5.74, 6) is 1.26. The molecule has 3 aromatic carbocycles. The van der Waals surface area contributed by atoms with Crippen LogP contribution in [0.25, 0.3) is 0 Å². The minimum absolute atomic E-state index is 0.0137. The molecule has 17 heteroatoms. The van der Waals surface area contributed by atoms with E-state index in [0.29, 0.717) is 117 Å².